The first kappa shape index (κ1) is 28.3. The number of nitrogens with zero attached hydrogens (tertiary/aromatic N) is 8. The van der Waals surface area contributed by atoms with Crippen LogP contribution in [0.4, 0.5) is 5.82 Å². The van der Waals surface area contributed by atoms with E-state index in [2.05, 4.69) is 39.0 Å². The van der Waals surface area contributed by atoms with Crippen molar-refractivity contribution in [3.8, 4) is 0 Å². The van der Waals surface area contributed by atoms with Gasteiger partial charge in [0, 0.05) is 48.0 Å². The van der Waals surface area contributed by atoms with Gasteiger partial charge in [0.1, 0.15) is 47.1 Å². The average Bonchev–Trinajstić information content (AvgIpc) is 3.57. The van der Waals surface area contributed by atoms with Crippen molar-refractivity contribution in [1.29, 1.82) is 0 Å². The summed E-state index contributed by atoms with van der Waals surface area (Å²) < 4.78 is 4.24. The quantitative estimate of drug-likeness (QED) is 0.208. The number of nitrogen functional groups attached to an aromatic ring is 1. The Balaban J connectivity index is 0.000000142. The maximum Gasteiger partial charge on any atom is 0.146 e. The zero-order chi connectivity index (χ0) is 30.2. The lowest BCUT2D eigenvalue weighted by molar-refractivity contribution is 0.215. The molecule has 2 unspecified atom stereocenters. The number of hydrogen-bond donors (Lipinski definition) is 3. The second-order valence-corrected chi connectivity index (χ2v) is 11.6. The molecule has 12 heteroatoms. The van der Waals surface area contributed by atoms with Gasteiger partial charge in [-0.1, -0.05) is 23.7 Å². The number of aliphatic hydroxyl groups excluding tert-OH is 2. The molecule has 11 nitrogen and oxygen atoms in total. The van der Waals surface area contributed by atoms with Crippen LogP contribution in [0.25, 0.3) is 22.1 Å². The van der Waals surface area contributed by atoms with E-state index in [-0.39, 0.29) is 0 Å². The van der Waals surface area contributed by atoms with Crippen LogP contribution in [-0.4, -0.2) is 49.3 Å². The molecule has 6 aromatic heterocycles. The molecule has 0 aliphatic heterocycles. The summed E-state index contributed by atoms with van der Waals surface area (Å²) in [5, 5.41) is 23.2. The van der Waals surface area contributed by atoms with Crippen LogP contribution >= 0.6 is 11.6 Å². The number of aromatic nitrogens is 8. The van der Waals surface area contributed by atoms with Crippen molar-refractivity contribution in [1.82, 2.24) is 39.0 Å². The Labute approximate surface area is 258 Å². The lowest BCUT2D eigenvalue weighted by atomic mass is 9.93. The number of hydrogen-bond acceptors (Lipinski definition) is 9. The van der Waals surface area contributed by atoms with Crippen molar-refractivity contribution in [3.05, 3.63) is 102 Å². The molecule has 6 aromatic rings. The molecule has 224 valence electrons. The molecule has 8 rings (SSSR count). The normalized spacial score (nSPS) is 16.6. The van der Waals surface area contributed by atoms with Crippen LogP contribution in [0, 0.1) is 0 Å². The summed E-state index contributed by atoms with van der Waals surface area (Å²) in [5.74, 6) is 0.396. The number of aliphatic hydroxyl groups is 2. The van der Waals surface area contributed by atoms with E-state index >= 15 is 0 Å². The number of fused-ring (bicyclic) bond motifs is 2. The molecule has 0 amide bonds. The van der Waals surface area contributed by atoms with Crippen molar-refractivity contribution in [2.24, 2.45) is 0 Å². The van der Waals surface area contributed by atoms with Gasteiger partial charge in [-0.05, 0) is 62.8 Å². The molecule has 0 radical (unpaired) electrons. The fourth-order valence-corrected chi connectivity index (χ4v) is 6.15. The predicted molar refractivity (Wildman–Crippen MR) is 167 cm³/mol. The molecule has 2 aliphatic rings. The third-order valence-corrected chi connectivity index (χ3v) is 9.01. The standard InChI is InChI=1S/C16H15ClN4O.C16H17N5O/c2*17-15-13-11(14(22)12-6-1-2-7-18-12)8-21(10-4-3-5-10)16(13)20-9-19-15/h1-2,6-10,14,22H,3-5H2;1-2,6-10,14,22H,3-5H2,(H2,17,19,20). The molecule has 0 spiro atoms. The van der Waals surface area contributed by atoms with Crippen molar-refractivity contribution in [2.75, 3.05) is 5.73 Å². The second-order valence-electron chi connectivity index (χ2n) is 11.3. The van der Waals surface area contributed by atoms with Gasteiger partial charge in [-0.2, -0.15) is 0 Å². The SMILES string of the molecule is Nc1ncnc2c1c(C(O)c1ccccn1)cn2C1CCC1.OC(c1ccccn1)c1cn(C2CCC2)c2ncnc(Cl)c12. The minimum absolute atomic E-state index is 0.369. The van der Waals surface area contributed by atoms with Crippen LogP contribution < -0.4 is 5.73 Å². The molecular weight excluding hydrogens is 578 g/mol. The molecule has 2 saturated carbocycles. The highest BCUT2D eigenvalue weighted by molar-refractivity contribution is 6.34. The van der Waals surface area contributed by atoms with Gasteiger partial charge in [0.15, 0.2) is 0 Å². The summed E-state index contributed by atoms with van der Waals surface area (Å²) in [6.07, 6.45) is 15.5. The first-order valence-corrected chi connectivity index (χ1v) is 15.2. The van der Waals surface area contributed by atoms with Crippen LogP contribution in [-0.2, 0) is 0 Å². The highest BCUT2D eigenvalue weighted by atomic mass is 35.5. The molecule has 44 heavy (non-hydrogen) atoms. The van der Waals surface area contributed by atoms with Crippen LogP contribution in [0.3, 0.4) is 0 Å². The van der Waals surface area contributed by atoms with E-state index in [1.165, 1.54) is 25.5 Å². The van der Waals surface area contributed by atoms with Crippen LogP contribution in [0.2, 0.25) is 5.15 Å². The van der Waals surface area contributed by atoms with Crippen LogP contribution in [0.5, 0.6) is 0 Å². The Morgan fingerprint density at radius 3 is 1.66 bits per heavy atom. The molecule has 0 saturated heterocycles. The van der Waals surface area contributed by atoms with Gasteiger partial charge >= 0.3 is 0 Å². The van der Waals surface area contributed by atoms with E-state index in [4.69, 9.17) is 17.3 Å². The topological polar surface area (TPSA) is 154 Å². The van der Waals surface area contributed by atoms with E-state index in [1.807, 2.05) is 36.7 Å². The van der Waals surface area contributed by atoms with E-state index in [0.717, 1.165) is 47.9 Å². The monoisotopic (exact) mass is 609 g/mol. The summed E-state index contributed by atoms with van der Waals surface area (Å²) in [6.45, 7) is 0. The van der Waals surface area contributed by atoms with Gasteiger partial charge in [-0.15, -0.1) is 0 Å². The lowest BCUT2D eigenvalue weighted by Gasteiger charge is -2.27. The molecule has 2 aliphatic carbocycles. The smallest absolute Gasteiger partial charge is 0.146 e. The Bertz CT molecular complexity index is 1760. The maximum absolute atomic E-state index is 10.7. The maximum atomic E-state index is 10.7. The summed E-state index contributed by atoms with van der Waals surface area (Å²) in [5.41, 5.74) is 10.3. The first-order chi connectivity index (χ1) is 21.5. The minimum atomic E-state index is -0.839. The van der Waals surface area contributed by atoms with Crippen molar-refractivity contribution < 1.29 is 10.2 Å². The van der Waals surface area contributed by atoms with Gasteiger partial charge in [0.2, 0.25) is 0 Å². The third-order valence-electron chi connectivity index (χ3n) is 8.72. The van der Waals surface area contributed by atoms with Crippen LogP contribution in [0.15, 0.2) is 73.8 Å². The molecule has 4 N–H and O–H groups in total. The zero-order valence-electron chi connectivity index (χ0n) is 23.9. The van der Waals surface area contributed by atoms with Gasteiger partial charge in [0.05, 0.1) is 22.2 Å². The largest absolute Gasteiger partial charge is 0.383 e. The third kappa shape index (κ3) is 5.06. The molecule has 0 aromatic carbocycles. The molecule has 2 atom stereocenters. The summed E-state index contributed by atoms with van der Waals surface area (Å²) in [7, 11) is 0. The fraction of sp³-hybridized carbons (Fsp3) is 0.312. The number of anilines is 1. The van der Waals surface area contributed by atoms with Crippen molar-refractivity contribution >= 4 is 39.5 Å². The number of halogens is 1. The Kier molecular flexibility index (Phi) is 7.67. The zero-order valence-corrected chi connectivity index (χ0v) is 24.7. The molecule has 0 bridgehead atoms. The van der Waals surface area contributed by atoms with E-state index in [9.17, 15) is 10.2 Å². The van der Waals surface area contributed by atoms with Crippen molar-refractivity contribution in [2.45, 2.75) is 62.8 Å². The lowest BCUT2D eigenvalue weighted by Crippen LogP contribution is -2.16. The van der Waals surface area contributed by atoms with E-state index in [0.29, 0.717) is 45.4 Å². The number of pyridine rings is 2. The Hall–Kier alpha value is -4.45. The second kappa shape index (κ2) is 11.9. The number of nitrogens with two attached hydrogens (primary N) is 1. The average molecular weight is 610 g/mol. The van der Waals surface area contributed by atoms with Crippen LogP contribution in [0.1, 0.15) is 85.3 Å². The number of rotatable bonds is 6. The minimum Gasteiger partial charge on any atom is -0.383 e. The molecule has 6 heterocycles. The summed E-state index contributed by atoms with van der Waals surface area (Å²) in [4.78, 5) is 25.4. The van der Waals surface area contributed by atoms with E-state index in [1.54, 1.807) is 24.5 Å². The van der Waals surface area contributed by atoms with Gasteiger partial charge in [-0.3, -0.25) is 9.97 Å². The predicted octanol–water partition coefficient (Wildman–Crippen LogP) is 5.50. The highest BCUT2D eigenvalue weighted by Crippen LogP contribution is 2.40. The Morgan fingerprint density at radius 1 is 0.682 bits per heavy atom. The van der Waals surface area contributed by atoms with Gasteiger partial charge in [0.25, 0.3) is 0 Å². The van der Waals surface area contributed by atoms with E-state index < -0.39 is 12.2 Å². The Morgan fingerprint density at radius 2 is 1.18 bits per heavy atom. The van der Waals surface area contributed by atoms with Gasteiger partial charge < -0.3 is 25.1 Å². The molecular formula is C32H32ClN9O2. The highest BCUT2D eigenvalue weighted by Gasteiger charge is 2.28. The summed E-state index contributed by atoms with van der Waals surface area (Å²) in [6, 6.07) is 11.8. The van der Waals surface area contributed by atoms with Gasteiger partial charge in [-0.25, -0.2) is 19.9 Å². The summed E-state index contributed by atoms with van der Waals surface area (Å²) >= 11 is 6.28. The fourth-order valence-electron chi connectivity index (χ4n) is 5.91. The first-order valence-electron chi connectivity index (χ1n) is 14.8. The molecule has 2 fully saturated rings. The van der Waals surface area contributed by atoms with Crippen molar-refractivity contribution in [3.63, 3.8) is 0 Å².